The number of hydrogen-bond donors (Lipinski definition) is 1. The van der Waals surface area contributed by atoms with E-state index in [0.29, 0.717) is 36.1 Å². The predicted molar refractivity (Wildman–Crippen MR) is 97.2 cm³/mol. The van der Waals surface area contributed by atoms with Crippen molar-refractivity contribution in [2.75, 3.05) is 13.2 Å². The van der Waals surface area contributed by atoms with Gasteiger partial charge in [0.15, 0.2) is 5.58 Å². The van der Waals surface area contributed by atoms with E-state index in [2.05, 4.69) is 15.3 Å². The first-order chi connectivity index (χ1) is 12.5. The van der Waals surface area contributed by atoms with E-state index in [1.165, 1.54) is 6.92 Å². The molecule has 0 fully saturated rings. The molecule has 0 aliphatic heterocycles. The summed E-state index contributed by atoms with van der Waals surface area (Å²) in [5.41, 5.74) is 2.01. The Kier molecular flexibility index (Phi) is 5.36. The lowest BCUT2D eigenvalue weighted by molar-refractivity contribution is -0.119. The predicted octanol–water partition coefficient (Wildman–Crippen LogP) is 3.19. The molecule has 136 valence electrons. The smallest absolute Gasteiger partial charge is 0.246 e. The maximum absolute atomic E-state index is 11.0. The van der Waals surface area contributed by atoms with Gasteiger partial charge in [-0.1, -0.05) is 0 Å². The van der Waals surface area contributed by atoms with E-state index in [1.54, 1.807) is 18.3 Å². The standard InChI is InChI=1S/C19H21N3O4/c1-4-24-14-5-7-16-18(9-14)26-19(22-16)17-8-6-15(10-20-17)25-11-12(2)21-13(3)23/h5-10,12H,4,11H2,1-3H3,(H,21,23)/t12-/m0/s1. The Balaban J connectivity index is 1.70. The molecule has 0 saturated heterocycles. The van der Waals surface area contributed by atoms with E-state index in [0.717, 1.165) is 11.3 Å². The minimum atomic E-state index is -0.0852. The Hall–Kier alpha value is -3.09. The van der Waals surface area contributed by atoms with Crippen molar-refractivity contribution in [3.63, 3.8) is 0 Å². The van der Waals surface area contributed by atoms with Crippen LogP contribution in [0.2, 0.25) is 0 Å². The lowest BCUT2D eigenvalue weighted by Crippen LogP contribution is -2.35. The minimum Gasteiger partial charge on any atom is -0.494 e. The zero-order valence-corrected chi connectivity index (χ0v) is 15.0. The number of aromatic nitrogens is 2. The number of carbonyl (C=O) groups excluding carboxylic acids is 1. The van der Waals surface area contributed by atoms with Gasteiger partial charge in [-0.05, 0) is 38.1 Å². The van der Waals surface area contributed by atoms with Gasteiger partial charge in [-0.3, -0.25) is 4.79 Å². The Labute approximate surface area is 151 Å². The maximum Gasteiger partial charge on any atom is 0.246 e. The number of hydrogen-bond acceptors (Lipinski definition) is 6. The van der Waals surface area contributed by atoms with E-state index in [9.17, 15) is 4.79 Å². The molecule has 2 heterocycles. The second-order valence-electron chi connectivity index (χ2n) is 5.87. The monoisotopic (exact) mass is 355 g/mol. The molecule has 26 heavy (non-hydrogen) atoms. The van der Waals surface area contributed by atoms with Gasteiger partial charge in [-0.15, -0.1) is 0 Å². The van der Waals surface area contributed by atoms with Crippen LogP contribution >= 0.6 is 0 Å². The molecule has 0 unspecified atom stereocenters. The quantitative estimate of drug-likeness (QED) is 0.700. The Morgan fingerprint density at radius 1 is 1.23 bits per heavy atom. The number of nitrogens with one attached hydrogen (secondary N) is 1. The van der Waals surface area contributed by atoms with Gasteiger partial charge in [0.2, 0.25) is 11.8 Å². The van der Waals surface area contributed by atoms with Crippen molar-refractivity contribution < 1.29 is 18.7 Å². The highest BCUT2D eigenvalue weighted by Gasteiger charge is 2.11. The SMILES string of the molecule is CCOc1ccc2nc(-c3ccc(OC[C@H](C)NC(C)=O)cn3)oc2c1. The fourth-order valence-corrected chi connectivity index (χ4v) is 2.47. The lowest BCUT2D eigenvalue weighted by Gasteiger charge is -2.13. The lowest BCUT2D eigenvalue weighted by atomic mass is 10.3. The van der Waals surface area contributed by atoms with E-state index in [-0.39, 0.29) is 11.9 Å². The number of amides is 1. The first-order valence-electron chi connectivity index (χ1n) is 8.45. The molecular weight excluding hydrogens is 334 g/mol. The molecule has 0 aliphatic rings. The second-order valence-corrected chi connectivity index (χ2v) is 5.87. The van der Waals surface area contributed by atoms with Gasteiger partial charge in [0, 0.05) is 13.0 Å². The van der Waals surface area contributed by atoms with Crippen LogP contribution in [0, 0.1) is 0 Å². The van der Waals surface area contributed by atoms with Crippen LogP contribution in [0.4, 0.5) is 0 Å². The van der Waals surface area contributed by atoms with Crippen molar-refractivity contribution in [2.45, 2.75) is 26.8 Å². The van der Waals surface area contributed by atoms with Crippen molar-refractivity contribution in [1.29, 1.82) is 0 Å². The number of pyridine rings is 1. The summed E-state index contributed by atoms with van der Waals surface area (Å²) < 4.78 is 16.9. The number of rotatable bonds is 7. The zero-order chi connectivity index (χ0) is 18.5. The average molecular weight is 355 g/mol. The van der Waals surface area contributed by atoms with E-state index in [4.69, 9.17) is 13.9 Å². The molecule has 0 aliphatic carbocycles. The third-order valence-corrected chi connectivity index (χ3v) is 3.58. The topological polar surface area (TPSA) is 86.5 Å². The van der Waals surface area contributed by atoms with Crippen LogP contribution in [-0.2, 0) is 4.79 Å². The van der Waals surface area contributed by atoms with Crippen molar-refractivity contribution >= 4 is 17.0 Å². The summed E-state index contributed by atoms with van der Waals surface area (Å²) in [5, 5.41) is 2.76. The molecule has 3 rings (SSSR count). The molecule has 0 radical (unpaired) electrons. The number of carbonyl (C=O) groups is 1. The normalized spacial score (nSPS) is 12.0. The molecule has 0 saturated carbocycles. The molecule has 1 amide bonds. The number of benzene rings is 1. The fraction of sp³-hybridized carbons (Fsp3) is 0.316. The van der Waals surface area contributed by atoms with Crippen LogP contribution in [-0.4, -0.2) is 35.1 Å². The largest absolute Gasteiger partial charge is 0.494 e. The van der Waals surface area contributed by atoms with Crippen LogP contribution in [0.15, 0.2) is 40.9 Å². The highest BCUT2D eigenvalue weighted by molar-refractivity contribution is 5.77. The molecule has 2 aromatic heterocycles. The molecule has 0 bridgehead atoms. The van der Waals surface area contributed by atoms with Crippen molar-refractivity contribution in [3.8, 4) is 23.1 Å². The maximum atomic E-state index is 11.0. The van der Waals surface area contributed by atoms with Crippen LogP contribution in [0.25, 0.3) is 22.7 Å². The summed E-state index contributed by atoms with van der Waals surface area (Å²) in [6, 6.07) is 9.03. The Morgan fingerprint density at radius 2 is 2.04 bits per heavy atom. The first-order valence-corrected chi connectivity index (χ1v) is 8.45. The molecule has 1 atom stereocenters. The average Bonchev–Trinajstić information content (AvgIpc) is 3.03. The van der Waals surface area contributed by atoms with E-state index < -0.39 is 0 Å². The first kappa shape index (κ1) is 17.7. The van der Waals surface area contributed by atoms with Gasteiger partial charge in [-0.25, -0.2) is 9.97 Å². The van der Waals surface area contributed by atoms with Gasteiger partial charge >= 0.3 is 0 Å². The van der Waals surface area contributed by atoms with Crippen molar-refractivity contribution in [2.24, 2.45) is 0 Å². The third kappa shape index (κ3) is 4.30. The van der Waals surface area contributed by atoms with Gasteiger partial charge in [0.25, 0.3) is 0 Å². The summed E-state index contributed by atoms with van der Waals surface area (Å²) >= 11 is 0. The second kappa shape index (κ2) is 7.86. The summed E-state index contributed by atoms with van der Waals surface area (Å²) in [4.78, 5) is 19.8. The summed E-state index contributed by atoms with van der Waals surface area (Å²) in [6.07, 6.45) is 1.61. The van der Waals surface area contributed by atoms with E-state index in [1.807, 2.05) is 32.0 Å². The highest BCUT2D eigenvalue weighted by Crippen LogP contribution is 2.26. The van der Waals surface area contributed by atoms with Crippen molar-refractivity contribution in [1.82, 2.24) is 15.3 Å². The molecule has 0 spiro atoms. The Bertz CT molecular complexity index is 889. The van der Waals surface area contributed by atoms with Crippen LogP contribution in [0.3, 0.4) is 0 Å². The van der Waals surface area contributed by atoms with Gasteiger partial charge in [-0.2, -0.15) is 0 Å². The molecule has 3 aromatic rings. The number of oxazole rings is 1. The van der Waals surface area contributed by atoms with Crippen molar-refractivity contribution in [3.05, 3.63) is 36.5 Å². The summed E-state index contributed by atoms with van der Waals surface area (Å²) in [5.74, 6) is 1.71. The summed E-state index contributed by atoms with van der Waals surface area (Å²) in [7, 11) is 0. The van der Waals surface area contributed by atoms with Gasteiger partial charge in [0.05, 0.1) is 18.8 Å². The number of nitrogens with zero attached hydrogens (tertiary/aromatic N) is 2. The zero-order valence-electron chi connectivity index (χ0n) is 15.0. The minimum absolute atomic E-state index is 0.0799. The molecule has 1 aromatic carbocycles. The van der Waals surface area contributed by atoms with Crippen LogP contribution < -0.4 is 14.8 Å². The third-order valence-electron chi connectivity index (χ3n) is 3.58. The number of ether oxygens (including phenoxy) is 2. The summed E-state index contributed by atoms with van der Waals surface area (Å²) in [6.45, 7) is 6.24. The van der Waals surface area contributed by atoms with Crippen LogP contribution in [0.1, 0.15) is 20.8 Å². The van der Waals surface area contributed by atoms with Gasteiger partial charge in [0.1, 0.15) is 29.3 Å². The van der Waals surface area contributed by atoms with Gasteiger partial charge < -0.3 is 19.2 Å². The fourth-order valence-electron chi connectivity index (χ4n) is 2.47. The Morgan fingerprint density at radius 3 is 2.73 bits per heavy atom. The van der Waals surface area contributed by atoms with E-state index >= 15 is 0 Å². The molecule has 1 N–H and O–H groups in total. The molecule has 7 nitrogen and oxygen atoms in total. The number of fused-ring (bicyclic) bond motifs is 1. The molecular formula is C19H21N3O4. The van der Waals surface area contributed by atoms with Crippen LogP contribution in [0.5, 0.6) is 11.5 Å². The molecule has 7 heteroatoms. The highest BCUT2D eigenvalue weighted by atomic mass is 16.5.